The number of amides is 2. The number of hydrogen-bond acceptors (Lipinski definition) is 6. The zero-order valence-electron chi connectivity index (χ0n) is 18.6. The minimum absolute atomic E-state index is 0.0427. The second kappa shape index (κ2) is 10.7. The van der Waals surface area contributed by atoms with Crippen LogP contribution in [0.5, 0.6) is 5.75 Å². The van der Waals surface area contributed by atoms with Crippen LogP contribution in [-0.4, -0.2) is 28.8 Å². The number of rotatable bonds is 11. The Morgan fingerprint density at radius 1 is 0.941 bits per heavy atom. The Morgan fingerprint density at radius 3 is 2.35 bits per heavy atom. The van der Waals surface area contributed by atoms with Crippen molar-refractivity contribution in [1.82, 2.24) is 4.90 Å². The largest absolute Gasteiger partial charge is 0.478 e. The van der Waals surface area contributed by atoms with Gasteiger partial charge in [0.1, 0.15) is 29.9 Å². The zero-order chi connectivity index (χ0) is 23.9. The standard InChI is InChI=1S/C26H26N2O6/c27-22(29)12-7-13-23(30)32-17-20-14-15-21(33-20)24-25(34-19-10-5-2-6-11-19)26(31)28(24)16-18-8-3-1-4-9-18/h1-6,8-11,14-15,24-25H,7,12-13,16-17H2,(H2,27,29). The van der Waals surface area contributed by atoms with Crippen molar-refractivity contribution in [2.75, 3.05) is 0 Å². The summed E-state index contributed by atoms with van der Waals surface area (Å²) in [6.07, 6.45) is -0.142. The molecule has 0 aliphatic carbocycles. The lowest BCUT2D eigenvalue weighted by atomic mass is 9.94. The second-order valence-electron chi connectivity index (χ2n) is 8.03. The summed E-state index contributed by atoms with van der Waals surface area (Å²) in [5.41, 5.74) is 6.07. The van der Waals surface area contributed by atoms with E-state index in [0.717, 1.165) is 5.56 Å². The maximum Gasteiger partial charge on any atom is 0.306 e. The van der Waals surface area contributed by atoms with E-state index in [9.17, 15) is 14.4 Å². The molecule has 8 nitrogen and oxygen atoms in total. The number of ether oxygens (including phenoxy) is 2. The van der Waals surface area contributed by atoms with Gasteiger partial charge >= 0.3 is 5.97 Å². The summed E-state index contributed by atoms with van der Waals surface area (Å²) in [6, 6.07) is 21.9. The Hall–Kier alpha value is -4.07. The molecule has 0 saturated carbocycles. The van der Waals surface area contributed by atoms with E-state index in [1.165, 1.54) is 0 Å². The average Bonchev–Trinajstić information content (AvgIpc) is 3.31. The van der Waals surface area contributed by atoms with E-state index in [0.29, 0.717) is 30.2 Å². The minimum atomic E-state index is -0.721. The molecule has 2 atom stereocenters. The molecule has 1 fully saturated rings. The lowest BCUT2D eigenvalue weighted by molar-refractivity contribution is -0.167. The predicted octanol–water partition coefficient (Wildman–Crippen LogP) is 3.51. The number of hydrogen-bond donors (Lipinski definition) is 1. The lowest BCUT2D eigenvalue weighted by Crippen LogP contribution is -2.60. The van der Waals surface area contributed by atoms with Crippen LogP contribution in [0.25, 0.3) is 0 Å². The van der Waals surface area contributed by atoms with Crippen LogP contribution >= 0.6 is 0 Å². The molecule has 0 spiro atoms. The molecule has 2 amide bonds. The average molecular weight is 463 g/mol. The number of para-hydroxylation sites is 1. The molecule has 1 aromatic heterocycles. The number of furan rings is 1. The van der Waals surface area contributed by atoms with Gasteiger partial charge in [0.05, 0.1) is 0 Å². The summed E-state index contributed by atoms with van der Waals surface area (Å²) in [7, 11) is 0. The molecule has 3 aromatic rings. The summed E-state index contributed by atoms with van der Waals surface area (Å²) in [5, 5.41) is 0. The number of β-lactam (4-membered cyclic amide) rings is 1. The first-order valence-electron chi connectivity index (χ1n) is 11.1. The fourth-order valence-electron chi connectivity index (χ4n) is 3.80. The highest BCUT2D eigenvalue weighted by atomic mass is 16.5. The Labute approximate surface area is 197 Å². The number of likely N-dealkylation sites (tertiary alicyclic amines) is 1. The van der Waals surface area contributed by atoms with Crippen LogP contribution < -0.4 is 10.5 Å². The summed E-state index contributed by atoms with van der Waals surface area (Å²) in [5.74, 6) is 0.588. The van der Waals surface area contributed by atoms with Gasteiger partial charge in [-0.3, -0.25) is 14.4 Å². The van der Waals surface area contributed by atoms with Crippen molar-refractivity contribution in [3.8, 4) is 5.75 Å². The first-order valence-corrected chi connectivity index (χ1v) is 11.1. The Morgan fingerprint density at radius 2 is 1.65 bits per heavy atom. The topological polar surface area (TPSA) is 112 Å². The van der Waals surface area contributed by atoms with Gasteiger partial charge < -0.3 is 24.5 Å². The van der Waals surface area contributed by atoms with Crippen molar-refractivity contribution in [2.24, 2.45) is 5.73 Å². The molecular weight excluding hydrogens is 436 g/mol. The number of primary amides is 1. The first-order chi connectivity index (χ1) is 16.5. The normalized spacial score (nSPS) is 17.2. The van der Waals surface area contributed by atoms with Gasteiger partial charge in [0.2, 0.25) is 12.0 Å². The molecule has 4 rings (SSSR count). The van der Waals surface area contributed by atoms with Crippen molar-refractivity contribution < 1.29 is 28.3 Å². The first kappa shape index (κ1) is 23.1. The van der Waals surface area contributed by atoms with Crippen molar-refractivity contribution in [3.63, 3.8) is 0 Å². The van der Waals surface area contributed by atoms with Gasteiger partial charge in [0.15, 0.2) is 0 Å². The van der Waals surface area contributed by atoms with Crippen LogP contribution in [0.1, 0.15) is 42.4 Å². The maximum absolute atomic E-state index is 13.0. The van der Waals surface area contributed by atoms with Gasteiger partial charge in [0.25, 0.3) is 5.91 Å². The monoisotopic (exact) mass is 462 g/mol. The summed E-state index contributed by atoms with van der Waals surface area (Å²) >= 11 is 0. The molecule has 2 unspecified atom stereocenters. The van der Waals surface area contributed by atoms with Crippen molar-refractivity contribution in [1.29, 1.82) is 0 Å². The molecule has 176 valence electrons. The van der Waals surface area contributed by atoms with Crippen LogP contribution in [0.4, 0.5) is 0 Å². The van der Waals surface area contributed by atoms with E-state index in [-0.39, 0.29) is 25.4 Å². The van der Waals surface area contributed by atoms with Crippen LogP contribution in [0, 0.1) is 0 Å². The number of carbonyl (C=O) groups excluding carboxylic acids is 3. The van der Waals surface area contributed by atoms with Gasteiger partial charge in [-0.1, -0.05) is 48.5 Å². The maximum atomic E-state index is 13.0. The smallest absolute Gasteiger partial charge is 0.306 e. The van der Waals surface area contributed by atoms with E-state index >= 15 is 0 Å². The van der Waals surface area contributed by atoms with E-state index in [1.54, 1.807) is 29.2 Å². The van der Waals surface area contributed by atoms with E-state index in [2.05, 4.69) is 0 Å². The predicted molar refractivity (Wildman–Crippen MR) is 122 cm³/mol. The second-order valence-corrected chi connectivity index (χ2v) is 8.03. The van der Waals surface area contributed by atoms with Gasteiger partial charge in [-0.2, -0.15) is 0 Å². The van der Waals surface area contributed by atoms with E-state index in [4.69, 9.17) is 19.6 Å². The molecule has 2 aromatic carbocycles. The highest BCUT2D eigenvalue weighted by molar-refractivity contribution is 5.89. The molecule has 0 radical (unpaired) electrons. The zero-order valence-corrected chi connectivity index (χ0v) is 18.6. The molecule has 1 aliphatic heterocycles. The van der Waals surface area contributed by atoms with Gasteiger partial charge in [0, 0.05) is 19.4 Å². The molecule has 34 heavy (non-hydrogen) atoms. The van der Waals surface area contributed by atoms with Crippen molar-refractivity contribution >= 4 is 17.8 Å². The molecular formula is C26H26N2O6. The molecule has 8 heteroatoms. The quantitative estimate of drug-likeness (QED) is 0.345. The van der Waals surface area contributed by atoms with Crippen LogP contribution in [-0.2, 0) is 32.3 Å². The molecule has 2 N–H and O–H groups in total. The number of esters is 1. The third-order valence-corrected chi connectivity index (χ3v) is 5.50. The lowest BCUT2D eigenvalue weighted by Gasteiger charge is -2.45. The number of benzene rings is 2. The fourth-order valence-corrected chi connectivity index (χ4v) is 3.80. The molecule has 1 saturated heterocycles. The summed E-state index contributed by atoms with van der Waals surface area (Å²) in [4.78, 5) is 37.3. The van der Waals surface area contributed by atoms with Crippen LogP contribution in [0.3, 0.4) is 0 Å². The molecule has 1 aliphatic rings. The Bertz CT molecular complexity index is 1080. The van der Waals surface area contributed by atoms with Crippen LogP contribution in [0.15, 0.2) is 77.2 Å². The number of nitrogens with zero attached hydrogens (tertiary/aromatic N) is 1. The number of nitrogens with two attached hydrogens (primary N) is 1. The van der Waals surface area contributed by atoms with Crippen LogP contribution in [0.2, 0.25) is 0 Å². The van der Waals surface area contributed by atoms with Crippen molar-refractivity contribution in [2.45, 2.75) is 44.6 Å². The summed E-state index contributed by atoms with van der Waals surface area (Å²) in [6.45, 7) is 0.378. The van der Waals surface area contributed by atoms with E-state index < -0.39 is 24.0 Å². The number of carbonyl (C=O) groups is 3. The minimum Gasteiger partial charge on any atom is -0.478 e. The highest BCUT2D eigenvalue weighted by Crippen LogP contribution is 2.39. The Kier molecular flexibility index (Phi) is 7.27. The fraction of sp³-hybridized carbons (Fsp3) is 0.269. The van der Waals surface area contributed by atoms with Gasteiger partial charge in [-0.25, -0.2) is 0 Å². The van der Waals surface area contributed by atoms with Gasteiger partial charge in [-0.15, -0.1) is 0 Å². The third kappa shape index (κ3) is 5.64. The molecule has 2 heterocycles. The Balaban J connectivity index is 1.44. The van der Waals surface area contributed by atoms with Crippen molar-refractivity contribution in [3.05, 3.63) is 89.9 Å². The van der Waals surface area contributed by atoms with E-state index in [1.807, 2.05) is 48.5 Å². The molecule has 0 bridgehead atoms. The highest BCUT2D eigenvalue weighted by Gasteiger charge is 2.51. The summed E-state index contributed by atoms with van der Waals surface area (Å²) < 4.78 is 17.2. The SMILES string of the molecule is NC(=O)CCCC(=O)OCc1ccc(C2C(Oc3ccccc3)C(=O)N2Cc2ccccc2)o1. The van der Waals surface area contributed by atoms with Gasteiger partial charge in [-0.05, 0) is 36.2 Å². The third-order valence-electron chi connectivity index (χ3n) is 5.50.